The van der Waals surface area contributed by atoms with E-state index in [0.29, 0.717) is 11.4 Å². The van der Waals surface area contributed by atoms with Crippen LogP contribution in [0.1, 0.15) is 15.9 Å². The molecular formula is C13H16N4O3S. The Kier molecular flexibility index (Phi) is 3.99. The summed E-state index contributed by atoms with van der Waals surface area (Å²) in [6.45, 7) is 0.224. The zero-order chi connectivity index (χ0) is 15.6. The number of amides is 1. The number of nitrogens with two attached hydrogens (primary N) is 1. The second-order valence-electron chi connectivity index (χ2n) is 4.66. The molecule has 1 heterocycles. The van der Waals surface area contributed by atoms with Crippen LogP contribution in [-0.2, 0) is 23.4 Å². The fraction of sp³-hybridized carbons (Fsp3) is 0.231. The monoisotopic (exact) mass is 308 g/mol. The van der Waals surface area contributed by atoms with E-state index < -0.39 is 9.84 Å². The largest absolute Gasteiger partial charge is 0.384 e. The molecule has 0 saturated carbocycles. The molecule has 0 unspecified atom stereocenters. The number of nitrogen functional groups attached to an aromatic ring is 1. The van der Waals surface area contributed by atoms with Crippen molar-refractivity contribution in [3.8, 4) is 0 Å². The van der Waals surface area contributed by atoms with Crippen molar-refractivity contribution >= 4 is 21.6 Å². The molecule has 112 valence electrons. The minimum Gasteiger partial charge on any atom is -0.384 e. The van der Waals surface area contributed by atoms with E-state index in [2.05, 4.69) is 10.4 Å². The van der Waals surface area contributed by atoms with Gasteiger partial charge in [0.1, 0.15) is 5.82 Å². The number of sulfone groups is 1. The van der Waals surface area contributed by atoms with E-state index in [0.717, 1.165) is 6.26 Å². The second-order valence-corrected chi connectivity index (χ2v) is 6.68. The Morgan fingerprint density at radius 2 is 2.14 bits per heavy atom. The van der Waals surface area contributed by atoms with Crippen molar-refractivity contribution in [1.29, 1.82) is 0 Å². The number of hydrogen-bond acceptors (Lipinski definition) is 5. The van der Waals surface area contributed by atoms with Crippen LogP contribution in [-0.4, -0.2) is 30.4 Å². The van der Waals surface area contributed by atoms with Crippen LogP contribution in [0.5, 0.6) is 0 Å². The maximum Gasteiger partial charge on any atom is 0.251 e. The van der Waals surface area contributed by atoms with Crippen molar-refractivity contribution in [3.63, 3.8) is 0 Å². The molecule has 1 aromatic heterocycles. The Labute approximate surface area is 122 Å². The molecule has 1 amide bonds. The lowest BCUT2D eigenvalue weighted by Gasteiger charge is -2.06. The SMILES string of the molecule is Cn1ncc(CNC(=O)c2cccc(S(C)(=O)=O)c2)c1N. The van der Waals surface area contributed by atoms with Crippen molar-refractivity contribution in [2.45, 2.75) is 11.4 Å². The average Bonchev–Trinajstić information content (AvgIpc) is 2.75. The van der Waals surface area contributed by atoms with Crippen LogP contribution in [0.2, 0.25) is 0 Å². The standard InChI is InChI=1S/C13H16N4O3S/c1-17-12(14)10(8-16-17)7-15-13(18)9-4-3-5-11(6-9)21(2,19)20/h3-6,8H,7,14H2,1-2H3,(H,15,18). The summed E-state index contributed by atoms with van der Waals surface area (Å²) in [6.07, 6.45) is 2.67. The molecule has 21 heavy (non-hydrogen) atoms. The van der Waals surface area contributed by atoms with Crippen molar-refractivity contribution in [2.75, 3.05) is 12.0 Å². The first kappa shape index (κ1) is 15.0. The summed E-state index contributed by atoms with van der Waals surface area (Å²) in [5.74, 6) is 0.101. The highest BCUT2D eigenvalue weighted by atomic mass is 32.2. The summed E-state index contributed by atoms with van der Waals surface area (Å²) in [6, 6.07) is 5.88. The van der Waals surface area contributed by atoms with E-state index in [-0.39, 0.29) is 22.9 Å². The van der Waals surface area contributed by atoms with Gasteiger partial charge in [-0.15, -0.1) is 0 Å². The van der Waals surface area contributed by atoms with Gasteiger partial charge in [-0.05, 0) is 18.2 Å². The van der Waals surface area contributed by atoms with Gasteiger partial charge in [0.2, 0.25) is 0 Å². The number of rotatable bonds is 4. The van der Waals surface area contributed by atoms with Gasteiger partial charge in [0, 0.05) is 31.0 Å². The summed E-state index contributed by atoms with van der Waals surface area (Å²) in [7, 11) is -1.64. The van der Waals surface area contributed by atoms with Gasteiger partial charge in [-0.2, -0.15) is 5.10 Å². The minimum absolute atomic E-state index is 0.107. The number of hydrogen-bond donors (Lipinski definition) is 2. The van der Waals surface area contributed by atoms with E-state index in [4.69, 9.17) is 5.73 Å². The average molecular weight is 308 g/mol. The van der Waals surface area contributed by atoms with Gasteiger partial charge < -0.3 is 11.1 Å². The third kappa shape index (κ3) is 3.40. The Hall–Kier alpha value is -2.35. The third-order valence-corrected chi connectivity index (χ3v) is 4.14. The van der Waals surface area contributed by atoms with Gasteiger partial charge in [-0.25, -0.2) is 8.42 Å². The first-order valence-electron chi connectivity index (χ1n) is 6.13. The lowest BCUT2D eigenvalue weighted by molar-refractivity contribution is 0.0951. The van der Waals surface area contributed by atoms with E-state index >= 15 is 0 Å². The summed E-state index contributed by atoms with van der Waals surface area (Å²) < 4.78 is 24.5. The fourth-order valence-electron chi connectivity index (χ4n) is 1.77. The van der Waals surface area contributed by atoms with Crippen LogP contribution < -0.4 is 11.1 Å². The molecule has 2 aromatic rings. The van der Waals surface area contributed by atoms with Crippen LogP contribution in [0.3, 0.4) is 0 Å². The quantitative estimate of drug-likeness (QED) is 0.846. The highest BCUT2D eigenvalue weighted by Gasteiger charge is 2.12. The predicted octanol–water partition coefficient (Wildman–Crippen LogP) is 0.336. The minimum atomic E-state index is -3.34. The van der Waals surface area contributed by atoms with Gasteiger partial charge in [0.15, 0.2) is 9.84 Å². The molecule has 1 aromatic carbocycles. The predicted molar refractivity (Wildman–Crippen MR) is 78.3 cm³/mol. The molecule has 0 bridgehead atoms. The molecule has 0 aliphatic heterocycles. The van der Waals surface area contributed by atoms with Gasteiger partial charge in [-0.1, -0.05) is 6.07 Å². The molecule has 8 heteroatoms. The maximum absolute atomic E-state index is 12.0. The molecule has 0 saturated heterocycles. The lowest BCUT2D eigenvalue weighted by Crippen LogP contribution is -2.23. The molecule has 0 fully saturated rings. The van der Waals surface area contributed by atoms with Gasteiger partial charge in [0.05, 0.1) is 11.1 Å². The highest BCUT2D eigenvalue weighted by molar-refractivity contribution is 7.90. The zero-order valence-corrected chi connectivity index (χ0v) is 12.5. The van der Waals surface area contributed by atoms with E-state index in [1.54, 1.807) is 19.3 Å². The summed E-state index contributed by atoms with van der Waals surface area (Å²) >= 11 is 0. The molecule has 0 aliphatic rings. The van der Waals surface area contributed by atoms with E-state index in [1.807, 2.05) is 0 Å². The van der Waals surface area contributed by atoms with Crippen LogP contribution >= 0.6 is 0 Å². The Balaban J connectivity index is 2.12. The number of nitrogens with one attached hydrogen (secondary N) is 1. The number of aromatic nitrogens is 2. The topological polar surface area (TPSA) is 107 Å². The normalized spacial score (nSPS) is 11.3. The van der Waals surface area contributed by atoms with Crippen molar-refractivity contribution in [1.82, 2.24) is 15.1 Å². The van der Waals surface area contributed by atoms with Crippen LogP contribution in [0.4, 0.5) is 5.82 Å². The van der Waals surface area contributed by atoms with Crippen LogP contribution in [0, 0.1) is 0 Å². The molecular weight excluding hydrogens is 292 g/mol. The van der Waals surface area contributed by atoms with Crippen molar-refractivity contribution in [3.05, 3.63) is 41.6 Å². The Morgan fingerprint density at radius 1 is 1.43 bits per heavy atom. The summed E-state index contributed by atoms with van der Waals surface area (Å²) in [5.41, 5.74) is 6.76. The first-order valence-corrected chi connectivity index (χ1v) is 8.03. The van der Waals surface area contributed by atoms with Gasteiger partial charge >= 0.3 is 0 Å². The number of carbonyl (C=O) groups is 1. The molecule has 0 spiro atoms. The van der Waals surface area contributed by atoms with Gasteiger partial charge in [-0.3, -0.25) is 9.48 Å². The maximum atomic E-state index is 12.0. The molecule has 0 radical (unpaired) electrons. The van der Waals surface area contributed by atoms with Crippen LogP contribution in [0.25, 0.3) is 0 Å². The third-order valence-electron chi connectivity index (χ3n) is 3.03. The molecule has 0 aliphatic carbocycles. The lowest BCUT2D eigenvalue weighted by atomic mass is 10.2. The summed E-state index contributed by atoms with van der Waals surface area (Å²) in [4.78, 5) is 12.1. The van der Waals surface area contributed by atoms with Crippen molar-refractivity contribution < 1.29 is 13.2 Å². The Bertz CT molecular complexity index is 780. The number of aryl methyl sites for hydroxylation is 1. The first-order chi connectivity index (χ1) is 9.79. The number of anilines is 1. The number of nitrogens with zero attached hydrogens (tertiary/aromatic N) is 2. The second kappa shape index (κ2) is 5.57. The molecule has 7 nitrogen and oxygen atoms in total. The number of benzene rings is 1. The van der Waals surface area contributed by atoms with E-state index in [1.165, 1.54) is 22.9 Å². The zero-order valence-electron chi connectivity index (χ0n) is 11.7. The van der Waals surface area contributed by atoms with E-state index in [9.17, 15) is 13.2 Å². The number of carbonyl (C=O) groups excluding carboxylic acids is 1. The van der Waals surface area contributed by atoms with Crippen LogP contribution in [0.15, 0.2) is 35.4 Å². The fourth-order valence-corrected chi connectivity index (χ4v) is 2.44. The summed E-state index contributed by atoms with van der Waals surface area (Å²) in [5, 5.41) is 6.66. The van der Waals surface area contributed by atoms with Gasteiger partial charge in [0.25, 0.3) is 5.91 Å². The Morgan fingerprint density at radius 3 is 2.71 bits per heavy atom. The smallest absolute Gasteiger partial charge is 0.251 e. The van der Waals surface area contributed by atoms with Crippen molar-refractivity contribution in [2.24, 2.45) is 7.05 Å². The molecule has 0 atom stereocenters. The highest BCUT2D eigenvalue weighted by Crippen LogP contribution is 2.12. The molecule has 3 N–H and O–H groups in total. The molecule has 2 rings (SSSR count).